The molecule has 0 saturated carbocycles. The molecule has 3 aromatic rings. The van der Waals surface area contributed by atoms with E-state index in [1.165, 1.54) is 24.3 Å². The van der Waals surface area contributed by atoms with Crippen molar-refractivity contribution in [1.82, 2.24) is 0 Å². The second kappa shape index (κ2) is 7.32. The number of nitrogens with zero attached hydrogens (tertiary/aromatic N) is 3. The first-order valence-electron chi connectivity index (χ1n) is 8.52. The van der Waals surface area contributed by atoms with Gasteiger partial charge in [0.05, 0.1) is 13.3 Å². The Morgan fingerprint density at radius 2 is 1.04 bits per heavy atom. The molecule has 0 N–H and O–H groups in total. The molecule has 0 aliphatic carbocycles. The molecule has 0 bridgehead atoms. The molecule has 136 valence electrons. The molecule has 0 radical (unpaired) electrons. The van der Waals surface area contributed by atoms with Crippen molar-refractivity contribution in [3.63, 3.8) is 0 Å². The van der Waals surface area contributed by atoms with E-state index in [0.717, 1.165) is 17.1 Å². The average molecular weight is 381 g/mol. The zero-order valence-corrected chi connectivity index (χ0v) is 15.2. The number of benzene rings is 3. The van der Waals surface area contributed by atoms with Gasteiger partial charge in [-0.25, -0.2) is 8.78 Å². The summed E-state index contributed by atoms with van der Waals surface area (Å²) >= 11 is 5.72. The molecule has 27 heavy (non-hydrogen) atoms. The minimum Gasteiger partial charge on any atom is -0.335 e. The average Bonchev–Trinajstić information content (AvgIpc) is 2.70. The predicted octanol–water partition coefficient (Wildman–Crippen LogP) is 5.00. The maximum Gasteiger partial charge on any atom is 0.183 e. The molecule has 4 rings (SSSR count). The molecule has 6 heteroatoms. The normalized spacial score (nSPS) is 14.6. The third-order valence-electron chi connectivity index (χ3n) is 4.48. The van der Waals surface area contributed by atoms with Gasteiger partial charge in [0.2, 0.25) is 0 Å². The quantitative estimate of drug-likeness (QED) is 0.591. The summed E-state index contributed by atoms with van der Waals surface area (Å²) in [6.45, 7) is 1.07. The van der Waals surface area contributed by atoms with Gasteiger partial charge in [-0.15, -0.1) is 0 Å². The van der Waals surface area contributed by atoms with E-state index in [1.807, 2.05) is 40.1 Å². The highest BCUT2D eigenvalue weighted by atomic mass is 32.1. The van der Waals surface area contributed by atoms with Gasteiger partial charge in [0, 0.05) is 17.1 Å². The second-order valence-electron chi connectivity index (χ2n) is 6.25. The van der Waals surface area contributed by atoms with E-state index in [9.17, 15) is 8.78 Å². The maximum atomic E-state index is 13.4. The summed E-state index contributed by atoms with van der Waals surface area (Å²) < 4.78 is 26.7. The molecule has 3 aromatic carbocycles. The number of thiocarbonyl (C=S) groups is 1. The van der Waals surface area contributed by atoms with Crippen LogP contribution in [-0.2, 0) is 0 Å². The number of para-hydroxylation sites is 1. The lowest BCUT2D eigenvalue weighted by molar-refractivity contribution is 0.627. The van der Waals surface area contributed by atoms with Gasteiger partial charge in [0.25, 0.3) is 0 Å². The van der Waals surface area contributed by atoms with Gasteiger partial charge >= 0.3 is 0 Å². The smallest absolute Gasteiger partial charge is 0.183 e. The van der Waals surface area contributed by atoms with E-state index < -0.39 is 0 Å². The SMILES string of the molecule is Fc1ccc(N2CN(c3ccccc3)CN(c3ccc(F)cc3)C2=S)cc1. The molecule has 3 nitrogen and oxygen atoms in total. The van der Waals surface area contributed by atoms with Gasteiger partial charge in [-0.3, -0.25) is 0 Å². The van der Waals surface area contributed by atoms with Crippen LogP contribution in [0.4, 0.5) is 25.8 Å². The maximum absolute atomic E-state index is 13.4. The lowest BCUT2D eigenvalue weighted by atomic mass is 10.2. The first-order chi connectivity index (χ1) is 13.1. The number of rotatable bonds is 3. The molecule has 0 atom stereocenters. The zero-order valence-electron chi connectivity index (χ0n) is 14.4. The van der Waals surface area contributed by atoms with Crippen molar-refractivity contribution < 1.29 is 8.78 Å². The van der Waals surface area contributed by atoms with Crippen LogP contribution in [0.2, 0.25) is 0 Å². The van der Waals surface area contributed by atoms with Crippen LogP contribution in [0.3, 0.4) is 0 Å². The highest BCUT2D eigenvalue weighted by molar-refractivity contribution is 7.80. The molecule has 0 unspecified atom stereocenters. The van der Waals surface area contributed by atoms with Crippen molar-refractivity contribution in [1.29, 1.82) is 0 Å². The molecule has 0 amide bonds. The minimum absolute atomic E-state index is 0.294. The van der Waals surface area contributed by atoms with Crippen molar-refractivity contribution in [2.24, 2.45) is 0 Å². The first-order valence-corrected chi connectivity index (χ1v) is 8.93. The van der Waals surface area contributed by atoms with Crippen LogP contribution >= 0.6 is 12.2 Å². The van der Waals surface area contributed by atoms with Gasteiger partial charge in [0.1, 0.15) is 11.6 Å². The van der Waals surface area contributed by atoms with Crippen molar-refractivity contribution in [3.8, 4) is 0 Å². The van der Waals surface area contributed by atoms with Crippen LogP contribution in [0.15, 0.2) is 78.9 Å². The Labute approximate surface area is 162 Å². The van der Waals surface area contributed by atoms with E-state index in [1.54, 1.807) is 24.3 Å². The predicted molar refractivity (Wildman–Crippen MR) is 109 cm³/mol. The first kappa shape index (κ1) is 17.4. The second-order valence-corrected chi connectivity index (χ2v) is 6.61. The van der Waals surface area contributed by atoms with E-state index >= 15 is 0 Å². The summed E-state index contributed by atoms with van der Waals surface area (Å²) in [6, 6.07) is 22.5. The largest absolute Gasteiger partial charge is 0.335 e. The standard InChI is InChI=1S/C21H17F2N3S/c22-16-6-10-19(11-7-16)25-14-24(18-4-2-1-3-5-18)15-26(21(25)27)20-12-8-17(23)9-13-20/h1-13H,14-15H2. The van der Waals surface area contributed by atoms with Crippen LogP contribution in [0, 0.1) is 11.6 Å². The van der Waals surface area contributed by atoms with E-state index in [4.69, 9.17) is 12.2 Å². The molecule has 1 aliphatic heterocycles. The third-order valence-corrected chi connectivity index (χ3v) is 4.92. The van der Waals surface area contributed by atoms with Gasteiger partial charge in [-0.2, -0.15) is 0 Å². The molecule has 0 spiro atoms. The Morgan fingerprint density at radius 3 is 1.48 bits per heavy atom. The van der Waals surface area contributed by atoms with Crippen LogP contribution < -0.4 is 14.7 Å². The Hall–Kier alpha value is -2.99. The van der Waals surface area contributed by atoms with Crippen molar-refractivity contribution in [3.05, 3.63) is 90.5 Å². The topological polar surface area (TPSA) is 9.72 Å². The van der Waals surface area contributed by atoms with E-state index in [-0.39, 0.29) is 11.6 Å². The van der Waals surface area contributed by atoms with Crippen LogP contribution in [0.25, 0.3) is 0 Å². The molecular weight excluding hydrogens is 364 g/mol. The van der Waals surface area contributed by atoms with Gasteiger partial charge in [0.15, 0.2) is 5.11 Å². The molecule has 0 aromatic heterocycles. The third kappa shape index (κ3) is 3.61. The molecule has 1 saturated heterocycles. The number of hydrogen-bond acceptors (Lipinski definition) is 2. The Balaban J connectivity index is 1.73. The molecule has 1 aliphatic rings. The van der Waals surface area contributed by atoms with E-state index in [2.05, 4.69) is 4.90 Å². The summed E-state index contributed by atoms with van der Waals surface area (Å²) in [6.07, 6.45) is 0. The molecular formula is C21H17F2N3S. The molecule has 1 fully saturated rings. The van der Waals surface area contributed by atoms with Crippen molar-refractivity contribution >= 4 is 34.4 Å². The number of halogens is 2. The van der Waals surface area contributed by atoms with Crippen molar-refractivity contribution in [2.45, 2.75) is 0 Å². The van der Waals surface area contributed by atoms with Crippen LogP contribution in [0.5, 0.6) is 0 Å². The molecule has 1 heterocycles. The Morgan fingerprint density at radius 1 is 0.593 bits per heavy atom. The van der Waals surface area contributed by atoms with E-state index in [0.29, 0.717) is 18.4 Å². The fraction of sp³-hybridized carbons (Fsp3) is 0.0952. The number of anilines is 3. The summed E-state index contributed by atoms with van der Waals surface area (Å²) in [5.74, 6) is -0.589. The van der Waals surface area contributed by atoms with Crippen LogP contribution in [-0.4, -0.2) is 18.4 Å². The van der Waals surface area contributed by atoms with Gasteiger partial charge < -0.3 is 14.7 Å². The summed E-state index contributed by atoms with van der Waals surface area (Å²) in [5.41, 5.74) is 2.64. The summed E-state index contributed by atoms with van der Waals surface area (Å²) in [7, 11) is 0. The van der Waals surface area contributed by atoms with Crippen LogP contribution in [0.1, 0.15) is 0 Å². The highest BCUT2D eigenvalue weighted by Crippen LogP contribution is 2.28. The Kier molecular flexibility index (Phi) is 4.73. The monoisotopic (exact) mass is 381 g/mol. The fourth-order valence-corrected chi connectivity index (χ4v) is 3.41. The summed E-state index contributed by atoms with van der Waals surface area (Å²) in [4.78, 5) is 6.03. The highest BCUT2D eigenvalue weighted by Gasteiger charge is 2.29. The lowest BCUT2D eigenvalue weighted by Crippen LogP contribution is -2.58. The van der Waals surface area contributed by atoms with Gasteiger partial charge in [-0.1, -0.05) is 18.2 Å². The van der Waals surface area contributed by atoms with Gasteiger partial charge in [-0.05, 0) is 72.9 Å². The zero-order chi connectivity index (χ0) is 18.8. The minimum atomic E-state index is -0.294. The fourth-order valence-electron chi connectivity index (χ4n) is 3.08. The Bertz CT molecular complexity index is 872. The number of hydrogen-bond donors (Lipinski definition) is 0. The van der Waals surface area contributed by atoms with Crippen molar-refractivity contribution in [2.75, 3.05) is 28.0 Å². The lowest BCUT2D eigenvalue weighted by Gasteiger charge is -2.45. The summed E-state index contributed by atoms with van der Waals surface area (Å²) in [5, 5.41) is 0.584.